The van der Waals surface area contributed by atoms with Gasteiger partial charge in [-0.3, -0.25) is 9.69 Å². The molecule has 1 fully saturated rings. The molecule has 0 saturated carbocycles. The van der Waals surface area contributed by atoms with Crippen molar-refractivity contribution in [1.29, 1.82) is 0 Å². The molecule has 1 saturated heterocycles. The van der Waals surface area contributed by atoms with Gasteiger partial charge in [-0.15, -0.1) is 0 Å². The Morgan fingerprint density at radius 2 is 1.72 bits per heavy atom. The second kappa shape index (κ2) is 9.39. The molecule has 1 heterocycles. The fraction of sp³-hybridized carbons (Fsp3) is 0.381. The molecule has 0 radical (unpaired) electrons. The van der Waals surface area contributed by atoms with Gasteiger partial charge in [-0.25, -0.2) is 13.1 Å². The van der Waals surface area contributed by atoms with Crippen LogP contribution in [0.2, 0.25) is 0 Å². The van der Waals surface area contributed by atoms with Gasteiger partial charge in [0, 0.05) is 57.6 Å². The first-order valence-electron chi connectivity index (χ1n) is 9.75. The van der Waals surface area contributed by atoms with Crippen LogP contribution < -0.4 is 14.9 Å². The maximum Gasteiger partial charge on any atom is 0.240 e. The topological polar surface area (TPSA) is 81.7 Å². The standard InChI is InChI=1S/C21H28N4O3S/c1-17-16-19(23-18(2)26)8-9-21(17)29(27,28)22-10-11-24-12-14-25(15-13-24)20-6-4-3-5-7-20/h3-9,16,22H,10-15H2,1-2H3,(H,23,26). The average Bonchev–Trinajstić information content (AvgIpc) is 2.68. The van der Waals surface area contributed by atoms with Crippen molar-refractivity contribution in [3.8, 4) is 0 Å². The third kappa shape index (κ3) is 5.79. The monoisotopic (exact) mass is 416 g/mol. The molecule has 0 bridgehead atoms. The van der Waals surface area contributed by atoms with Gasteiger partial charge in [-0.2, -0.15) is 0 Å². The lowest BCUT2D eigenvalue weighted by molar-refractivity contribution is -0.114. The highest BCUT2D eigenvalue weighted by atomic mass is 32.2. The summed E-state index contributed by atoms with van der Waals surface area (Å²) in [6.45, 7) is 7.85. The number of anilines is 2. The van der Waals surface area contributed by atoms with Crippen molar-refractivity contribution >= 4 is 27.3 Å². The van der Waals surface area contributed by atoms with Crippen LogP contribution in [0.25, 0.3) is 0 Å². The zero-order chi connectivity index (χ0) is 20.9. The van der Waals surface area contributed by atoms with E-state index in [9.17, 15) is 13.2 Å². The minimum atomic E-state index is -3.59. The van der Waals surface area contributed by atoms with E-state index in [0.29, 0.717) is 24.3 Å². The van der Waals surface area contributed by atoms with E-state index in [1.165, 1.54) is 18.7 Å². The number of sulfonamides is 1. The number of benzene rings is 2. The molecule has 8 heteroatoms. The Morgan fingerprint density at radius 3 is 2.34 bits per heavy atom. The van der Waals surface area contributed by atoms with Crippen molar-refractivity contribution in [3.63, 3.8) is 0 Å². The molecule has 29 heavy (non-hydrogen) atoms. The number of hydrogen-bond donors (Lipinski definition) is 2. The largest absolute Gasteiger partial charge is 0.369 e. The van der Waals surface area contributed by atoms with Crippen molar-refractivity contribution in [2.45, 2.75) is 18.7 Å². The lowest BCUT2D eigenvalue weighted by Gasteiger charge is -2.36. The van der Waals surface area contributed by atoms with Crippen molar-refractivity contribution in [1.82, 2.24) is 9.62 Å². The van der Waals surface area contributed by atoms with Gasteiger partial charge in [0.05, 0.1) is 4.90 Å². The van der Waals surface area contributed by atoms with Gasteiger partial charge in [-0.1, -0.05) is 18.2 Å². The van der Waals surface area contributed by atoms with E-state index in [-0.39, 0.29) is 10.8 Å². The predicted molar refractivity (Wildman–Crippen MR) is 116 cm³/mol. The van der Waals surface area contributed by atoms with Crippen LogP contribution in [0.4, 0.5) is 11.4 Å². The van der Waals surface area contributed by atoms with Crippen LogP contribution in [0.15, 0.2) is 53.4 Å². The first-order chi connectivity index (χ1) is 13.8. The molecule has 2 aromatic rings. The Hall–Kier alpha value is -2.42. The molecule has 0 aromatic heterocycles. The summed E-state index contributed by atoms with van der Waals surface area (Å²) in [6, 6.07) is 15.1. The first kappa shape index (κ1) is 21.3. The lowest BCUT2D eigenvalue weighted by Crippen LogP contribution is -2.48. The average molecular weight is 417 g/mol. The summed E-state index contributed by atoms with van der Waals surface area (Å²) in [5.74, 6) is -0.189. The second-order valence-electron chi connectivity index (χ2n) is 7.22. The summed E-state index contributed by atoms with van der Waals surface area (Å²) < 4.78 is 28.0. The van der Waals surface area contributed by atoms with Crippen LogP contribution in [-0.4, -0.2) is 58.5 Å². The highest BCUT2D eigenvalue weighted by Gasteiger charge is 2.20. The maximum absolute atomic E-state index is 12.6. The summed E-state index contributed by atoms with van der Waals surface area (Å²) in [6.07, 6.45) is 0. The fourth-order valence-electron chi connectivity index (χ4n) is 3.52. The number of nitrogens with zero attached hydrogens (tertiary/aromatic N) is 2. The molecule has 156 valence electrons. The van der Waals surface area contributed by atoms with E-state index in [0.717, 1.165) is 26.2 Å². The van der Waals surface area contributed by atoms with Crippen LogP contribution in [0.3, 0.4) is 0 Å². The lowest BCUT2D eigenvalue weighted by atomic mass is 10.2. The third-order valence-electron chi connectivity index (χ3n) is 5.00. The molecule has 0 atom stereocenters. The van der Waals surface area contributed by atoms with Gasteiger partial charge >= 0.3 is 0 Å². The number of para-hydroxylation sites is 1. The van der Waals surface area contributed by atoms with E-state index >= 15 is 0 Å². The van der Waals surface area contributed by atoms with Crippen LogP contribution in [-0.2, 0) is 14.8 Å². The minimum Gasteiger partial charge on any atom is -0.369 e. The molecule has 0 spiro atoms. The number of aryl methyl sites for hydroxylation is 1. The van der Waals surface area contributed by atoms with Crippen molar-refractivity contribution < 1.29 is 13.2 Å². The Bertz CT molecular complexity index is 940. The van der Waals surface area contributed by atoms with Crippen LogP contribution in [0.1, 0.15) is 12.5 Å². The highest BCUT2D eigenvalue weighted by molar-refractivity contribution is 7.89. The van der Waals surface area contributed by atoms with Gasteiger partial charge in [0.1, 0.15) is 0 Å². The molecule has 7 nitrogen and oxygen atoms in total. The van der Waals surface area contributed by atoms with Crippen LogP contribution in [0, 0.1) is 6.92 Å². The molecule has 3 rings (SSSR count). The number of nitrogens with one attached hydrogen (secondary N) is 2. The van der Waals surface area contributed by atoms with E-state index in [4.69, 9.17) is 0 Å². The predicted octanol–water partition coefficient (Wildman–Crippen LogP) is 2.05. The summed E-state index contributed by atoms with van der Waals surface area (Å²) in [5.41, 5.74) is 2.41. The summed E-state index contributed by atoms with van der Waals surface area (Å²) in [4.78, 5) is 16.0. The summed E-state index contributed by atoms with van der Waals surface area (Å²) >= 11 is 0. The van der Waals surface area contributed by atoms with Gasteiger partial charge < -0.3 is 10.2 Å². The molecular weight excluding hydrogens is 388 g/mol. The third-order valence-corrected chi connectivity index (χ3v) is 6.62. The van der Waals surface area contributed by atoms with E-state index in [2.05, 4.69) is 32.0 Å². The van der Waals surface area contributed by atoms with Crippen molar-refractivity contribution in [2.24, 2.45) is 0 Å². The number of hydrogen-bond acceptors (Lipinski definition) is 5. The van der Waals surface area contributed by atoms with E-state index in [1.807, 2.05) is 18.2 Å². The molecule has 1 amide bonds. The van der Waals surface area contributed by atoms with E-state index < -0.39 is 10.0 Å². The molecular formula is C21H28N4O3S. The minimum absolute atomic E-state index is 0.189. The number of rotatable bonds is 7. The quantitative estimate of drug-likeness (QED) is 0.722. The molecule has 0 aliphatic carbocycles. The van der Waals surface area contributed by atoms with E-state index in [1.54, 1.807) is 19.1 Å². The Balaban J connectivity index is 1.49. The SMILES string of the molecule is CC(=O)Nc1ccc(S(=O)(=O)NCCN2CCN(c3ccccc3)CC2)c(C)c1. The normalized spacial score (nSPS) is 15.3. The zero-order valence-electron chi connectivity index (χ0n) is 16.9. The first-order valence-corrected chi connectivity index (χ1v) is 11.2. The summed E-state index contributed by atoms with van der Waals surface area (Å²) in [5, 5.41) is 2.66. The second-order valence-corrected chi connectivity index (χ2v) is 8.96. The zero-order valence-corrected chi connectivity index (χ0v) is 17.7. The Morgan fingerprint density at radius 1 is 1.03 bits per heavy atom. The highest BCUT2D eigenvalue weighted by Crippen LogP contribution is 2.20. The molecule has 2 aromatic carbocycles. The van der Waals surface area contributed by atoms with Gasteiger partial charge in [0.25, 0.3) is 0 Å². The molecule has 1 aliphatic rings. The number of carbonyl (C=O) groups excluding carboxylic acids is 1. The smallest absolute Gasteiger partial charge is 0.240 e. The molecule has 0 unspecified atom stereocenters. The Kier molecular flexibility index (Phi) is 6.89. The Labute approximate surface area is 172 Å². The van der Waals surface area contributed by atoms with Gasteiger partial charge in [0.2, 0.25) is 15.9 Å². The van der Waals surface area contributed by atoms with Crippen LogP contribution >= 0.6 is 0 Å². The van der Waals surface area contributed by atoms with Crippen LogP contribution in [0.5, 0.6) is 0 Å². The number of amides is 1. The number of piperazine rings is 1. The molecule has 2 N–H and O–H groups in total. The van der Waals surface area contributed by atoms with Crippen molar-refractivity contribution in [3.05, 3.63) is 54.1 Å². The maximum atomic E-state index is 12.6. The van der Waals surface area contributed by atoms with Gasteiger partial charge in [0.15, 0.2) is 0 Å². The van der Waals surface area contributed by atoms with Crippen molar-refractivity contribution in [2.75, 3.05) is 49.5 Å². The fourth-order valence-corrected chi connectivity index (χ4v) is 4.76. The summed E-state index contributed by atoms with van der Waals surface area (Å²) in [7, 11) is -3.59. The number of carbonyl (C=O) groups is 1. The van der Waals surface area contributed by atoms with Gasteiger partial charge in [-0.05, 0) is 42.8 Å². The molecule has 1 aliphatic heterocycles.